The lowest BCUT2D eigenvalue weighted by Crippen LogP contribution is -2.48. The summed E-state index contributed by atoms with van der Waals surface area (Å²) in [5.74, 6) is -0.0946. The zero-order valence-electron chi connectivity index (χ0n) is 21.2. The number of hydrogen-bond donors (Lipinski definition) is 3. The van der Waals surface area contributed by atoms with Gasteiger partial charge in [0, 0.05) is 18.0 Å². The highest BCUT2D eigenvalue weighted by atomic mass is 35.5. The summed E-state index contributed by atoms with van der Waals surface area (Å²) in [6.07, 6.45) is -3.87. The number of rotatable bonds is 14. The van der Waals surface area contributed by atoms with Crippen molar-refractivity contribution in [1.82, 2.24) is 10.6 Å². The summed E-state index contributed by atoms with van der Waals surface area (Å²) in [5.41, 5.74) is 1.28. The Morgan fingerprint density at radius 3 is 2.23 bits per heavy atom. The van der Waals surface area contributed by atoms with Gasteiger partial charge < -0.3 is 29.5 Å². The fraction of sp³-hybridized carbons (Fsp3) is 0.259. The lowest BCUT2D eigenvalue weighted by Gasteiger charge is -2.19. The predicted molar refractivity (Wildman–Crippen MR) is 145 cm³/mol. The molecule has 2 atom stereocenters. The number of benzene rings is 3. The van der Waals surface area contributed by atoms with Gasteiger partial charge in [-0.1, -0.05) is 54.1 Å². The molecule has 0 fully saturated rings. The molecule has 3 aromatic carbocycles. The second-order valence-electron chi connectivity index (χ2n) is 8.49. The molecule has 13 heteroatoms. The Balaban J connectivity index is 1.57. The van der Waals surface area contributed by atoms with Gasteiger partial charge >= 0.3 is 19.9 Å². The van der Waals surface area contributed by atoms with Gasteiger partial charge in [0.2, 0.25) is 5.91 Å². The van der Waals surface area contributed by atoms with Crippen molar-refractivity contribution in [3.63, 3.8) is 0 Å². The maximum atomic E-state index is 12.9. The van der Waals surface area contributed by atoms with Crippen LogP contribution in [0.3, 0.4) is 0 Å². The van der Waals surface area contributed by atoms with E-state index in [2.05, 4.69) is 15.2 Å². The van der Waals surface area contributed by atoms with Crippen molar-refractivity contribution in [3.8, 4) is 11.5 Å². The van der Waals surface area contributed by atoms with Crippen LogP contribution in [0.5, 0.6) is 11.5 Å². The van der Waals surface area contributed by atoms with E-state index in [1.807, 2.05) is 6.07 Å². The van der Waals surface area contributed by atoms with E-state index in [0.29, 0.717) is 29.4 Å². The largest absolute Gasteiger partial charge is 0.494 e. The molecule has 0 radical (unpaired) electrons. The number of hydrogen-bond acceptors (Lipinski definition) is 6. The summed E-state index contributed by atoms with van der Waals surface area (Å²) in [6.45, 7) is 0.588. The third-order valence-electron chi connectivity index (χ3n) is 5.37. The molecule has 40 heavy (non-hydrogen) atoms. The molecule has 2 amide bonds. The molecular weight excluding hydrogens is 569 g/mol. The third-order valence-corrected chi connectivity index (χ3v) is 6.59. The van der Waals surface area contributed by atoms with E-state index in [9.17, 15) is 27.8 Å². The smallest absolute Gasteiger partial charge is 0.442 e. The van der Waals surface area contributed by atoms with Crippen molar-refractivity contribution in [2.24, 2.45) is 0 Å². The Labute approximate surface area is 234 Å². The zero-order chi connectivity index (χ0) is 29.0. The molecule has 0 aliphatic rings. The van der Waals surface area contributed by atoms with Crippen LogP contribution in [-0.4, -0.2) is 42.3 Å². The SMILES string of the molecule is O=C(N[C@@H](Cc1ccc(OP(=O)(O)C(F)F)cc1)C(=O)NCCCOc1ccc(Cl)cc1)OCc1ccccc1. The Morgan fingerprint density at radius 2 is 1.57 bits per heavy atom. The van der Waals surface area contributed by atoms with Crippen LogP contribution in [0, 0.1) is 0 Å². The molecule has 9 nitrogen and oxygen atoms in total. The molecule has 3 aromatic rings. The number of alkyl halides is 2. The number of amides is 2. The summed E-state index contributed by atoms with van der Waals surface area (Å²) in [6, 6.07) is 20.1. The second-order valence-corrected chi connectivity index (χ2v) is 10.6. The van der Waals surface area contributed by atoms with Gasteiger partial charge in [0.05, 0.1) is 6.61 Å². The van der Waals surface area contributed by atoms with Crippen molar-refractivity contribution in [1.29, 1.82) is 0 Å². The Bertz CT molecular complexity index is 1280. The van der Waals surface area contributed by atoms with Crippen molar-refractivity contribution in [2.45, 2.75) is 31.7 Å². The fourth-order valence-corrected chi connectivity index (χ4v) is 3.99. The van der Waals surface area contributed by atoms with Crippen LogP contribution in [0.4, 0.5) is 13.6 Å². The highest BCUT2D eigenvalue weighted by molar-refractivity contribution is 7.53. The first-order chi connectivity index (χ1) is 19.1. The molecule has 1 unspecified atom stereocenters. The summed E-state index contributed by atoms with van der Waals surface area (Å²) >= 11 is 5.85. The van der Waals surface area contributed by atoms with Gasteiger partial charge in [0.15, 0.2) is 0 Å². The van der Waals surface area contributed by atoms with Crippen LogP contribution in [0.2, 0.25) is 5.02 Å². The number of alkyl carbamates (subject to hydrolysis) is 1. The van der Waals surface area contributed by atoms with Crippen LogP contribution < -0.4 is 19.9 Å². The van der Waals surface area contributed by atoms with Crippen LogP contribution >= 0.6 is 19.2 Å². The van der Waals surface area contributed by atoms with Gasteiger partial charge in [-0.05, 0) is 53.9 Å². The standard InChI is InChI=1S/C27H28ClF2N2O7P/c28-21-9-13-22(14-10-21)37-16-4-15-31-25(33)24(32-27(34)38-18-20-5-2-1-3-6-20)17-19-7-11-23(12-8-19)39-40(35,36)26(29)30/h1-3,5-14,24,26H,4,15-18H2,(H,31,33)(H,32,34)(H,35,36)/t24-/m0/s1. The van der Waals surface area contributed by atoms with Gasteiger partial charge in [-0.15, -0.1) is 0 Å². The number of ether oxygens (including phenoxy) is 2. The predicted octanol–water partition coefficient (Wildman–Crippen LogP) is 5.55. The van der Waals surface area contributed by atoms with Crippen molar-refractivity contribution in [3.05, 3.63) is 95.0 Å². The second kappa shape index (κ2) is 15.2. The highest BCUT2D eigenvalue weighted by Gasteiger charge is 2.34. The first kappa shape index (κ1) is 30.9. The molecule has 3 N–H and O–H groups in total. The minimum atomic E-state index is -5.12. The molecule has 0 bridgehead atoms. The molecule has 0 saturated carbocycles. The van der Waals surface area contributed by atoms with E-state index >= 15 is 0 Å². The van der Waals surface area contributed by atoms with E-state index in [0.717, 1.165) is 5.56 Å². The first-order valence-corrected chi connectivity index (χ1v) is 14.2. The third kappa shape index (κ3) is 10.5. The van der Waals surface area contributed by atoms with Crippen LogP contribution in [0.1, 0.15) is 17.5 Å². The molecular formula is C27H28ClF2N2O7P. The first-order valence-electron chi connectivity index (χ1n) is 12.1. The highest BCUT2D eigenvalue weighted by Crippen LogP contribution is 2.48. The number of carbonyl (C=O) groups excluding carboxylic acids is 2. The summed E-state index contributed by atoms with van der Waals surface area (Å²) in [5, 5.41) is 5.87. The van der Waals surface area contributed by atoms with Gasteiger partial charge in [-0.25, -0.2) is 9.36 Å². The topological polar surface area (TPSA) is 123 Å². The molecule has 0 saturated heterocycles. The molecule has 0 aromatic heterocycles. The van der Waals surface area contributed by atoms with E-state index < -0.39 is 31.8 Å². The van der Waals surface area contributed by atoms with Gasteiger partial charge in [0.25, 0.3) is 0 Å². The quantitative estimate of drug-likeness (QED) is 0.165. The lowest BCUT2D eigenvalue weighted by molar-refractivity contribution is -0.123. The number of nitrogens with one attached hydrogen (secondary N) is 2. The van der Waals surface area contributed by atoms with Gasteiger partial charge in [-0.3, -0.25) is 4.79 Å². The molecule has 3 rings (SSSR count). The van der Waals surface area contributed by atoms with Gasteiger partial charge in [-0.2, -0.15) is 8.78 Å². The van der Waals surface area contributed by atoms with Gasteiger partial charge in [0.1, 0.15) is 24.1 Å². The van der Waals surface area contributed by atoms with E-state index in [4.69, 9.17) is 21.1 Å². The fourth-order valence-electron chi connectivity index (χ4n) is 3.36. The average molecular weight is 597 g/mol. The Hall–Kier alpha value is -3.66. The number of halogens is 3. The van der Waals surface area contributed by atoms with E-state index in [-0.39, 0.29) is 25.3 Å². The minimum Gasteiger partial charge on any atom is -0.494 e. The van der Waals surface area contributed by atoms with Crippen molar-refractivity contribution < 1.29 is 41.8 Å². The Morgan fingerprint density at radius 1 is 0.925 bits per heavy atom. The maximum absolute atomic E-state index is 12.9. The normalized spacial score (nSPS) is 13.1. The minimum absolute atomic E-state index is 0.000435. The molecule has 0 heterocycles. The average Bonchev–Trinajstić information content (AvgIpc) is 2.93. The Kier molecular flexibility index (Phi) is 11.7. The molecule has 0 aliphatic carbocycles. The number of carbonyl (C=O) groups is 2. The molecule has 0 aliphatic heterocycles. The summed E-state index contributed by atoms with van der Waals surface area (Å²) < 4.78 is 52.0. The summed E-state index contributed by atoms with van der Waals surface area (Å²) in [7, 11) is -5.12. The monoisotopic (exact) mass is 596 g/mol. The van der Waals surface area contributed by atoms with E-state index in [1.165, 1.54) is 24.3 Å². The van der Waals surface area contributed by atoms with Crippen LogP contribution in [-0.2, 0) is 27.1 Å². The van der Waals surface area contributed by atoms with Crippen LogP contribution in [0.25, 0.3) is 0 Å². The van der Waals surface area contributed by atoms with Crippen LogP contribution in [0.15, 0.2) is 78.9 Å². The van der Waals surface area contributed by atoms with Crippen molar-refractivity contribution in [2.75, 3.05) is 13.2 Å². The van der Waals surface area contributed by atoms with E-state index in [1.54, 1.807) is 48.5 Å². The zero-order valence-corrected chi connectivity index (χ0v) is 22.8. The maximum Gasteiger partial charge on any atom is 0.442 e. The molecule has 214 valence electrons. The molecule has 0 spiro atoms. The lowest BCUT2D eigenvalue weighted by atomic mass is 10.1. The summed E-state index contributed by atoms with van der Waals surface area (Å²) in [4.78, 5) is 34.6. The van der Waals surface area contributed by atoms with Crippen molar-refractivity contribution >= 4 is 31.2 Å².